The van der Waals surface area contributed by atoms with Crippen LogP contribution in [0.2, 0.25) is 0 Å². The third-order valence-corrected chi connectivity index (χ3v) is 5.95. The van der Waals surface area contributed by atoms with E-state index in [0.717, 1.165) is 38.8 Å². The summed E-state index contributed by atoms with van der Waals surface area (Å²) in [7, 11) is 2.08. The van der Waals surface area contributed by atoms with Crippen LogP contribution in [0.25, 0.3) is 0 Å². The minimum absolute atomic E-state index is 0.0502. The zero-order chi connectivity index (χ0) is 21.3. The fourth-order valence-electron chi connectivity index (χ4n) is 4.47. The van der Waals surface area contributed by atoms with Gasteiger partial charge in [-0.05, 0) is 44.2 Å². The topological polar surface area (TPSA) is 61.4 Å². The molecule has 29 heavy (non-hydrogen) atoms. The van der Waals surface area contributed by atoms with E-state index in [1.807, 2.05) is 24.3 Å². The molecule has 1 aromatic carbocycles. The van der Waals surface area contributed by atoms with E-state index in [9.17, 15) is 9.59 Å². The Balaban J connectivity index is 2.22. The molecular weight excluding hydrogens is 362 g/mol. The first-order chi connectivity index (χ1) is 13.9. The quantitative estimate of drug-likeness (QED) is 0.467. The van der Waals surface area contributed by atoms with Gasteiger partial charge in [0.25, 0.3) is 0 Å². The number of nitrogens with one attached hydrogen (secondary N) is 2. The van der Waals surface area contributed by atoms with Crippen molar-refractivity contribution < 1.29 is 9.59 Å². The lowest BCUT2D eigenvalue weighted by Crippen LogP contribution is -2.66. The Morgan fingerprint density at radius 3 is 2.62 bits per heavy atom. The molecule has 2 rings (SSSR count). The second-order valence-electron chi connectivity index (χ2n) is 8.42. The molecule has 1 aliphatic carbocycles. The summed E-state index contributed by atoms with van der Waals surface area (Å²) in [5, 5.41) is 6.17. The van der Waals surface area contributed by atoms with E-state index >= 15 is 0 Å². The van der Waals surface area contributed by atoms with Gasteiger partial charge in [-0.3, -0.25) is 9.59 Å². The lowest BCUT2D eigenvalue weighted by Gasteiger charge is -2.46. The smallest absolute Gasteiger partial charge is 0.246 e. The maximum atomic E-state index is 13.4. The van der Waals surface area contributed by atoms with Gasteiger partial charge in [0.15, 0.2) is 0 Å². The van der Waals surface area contributed by atoms with Crippen LogP contribution in [0, 0.1) is 11.8 Å². The molecule has 1 saturated carbocycles. The van der Waals surface area contributed by atoms with Crippen LogP contribution in [0.15, 0.2) is 43.0 Å². The predicted octanol–water partition coefficient (Wildman–Crippen LogP) is 3.51. The Morgan fingerprint density at radius 1 is 1.28 bits per heavy atom. The third-order valence-electron chi connectivity index (χ3n) is 5.95. The standard InChI is InChI=1S/C24H37N3O2/c1-5-7-15-25-23(29)24(26-19(3)28)16-20(6-2)13-14-22(24)18-27(4)17-21-11-9-8-10-12-21/h6,8-12,20,22H,2,5,7,13-18H2,1,3-4H3,(H,25,29)(H,26,28). The van der Waals surface area contributed by atoms with E-state index in [1.54, 1.807) is 0 Å². The maximum absolute atomic E-state index is 13.4. The van der Waals surface area contributed by atoms with Crippen LogP contribution in [0.5, 0.6) is 0 Å². The highest BCUT2D eigenvalue weighted by atomic mass is 16.2. The van der Waals surface area contributed by atoms with Crippen LogP contribution in [0.1, 0.15) is 51.5 Å². The predicted molar refractivity (Wildman–Crippen MR) is 118 cm³/mol. The lowest BCUT2D eigenvalue weighted by molar-refractivity contribution is -0.138. The zero-order valence-electron chi connectivity index (χ0n) is 18.2. The van der Waals surface area contributed by atoms with Gasteiger partial charge in [-0.2, -0.15) is 0 Å². The summed E-state index contributed by atoms with van der Waals surface area (Å²) < 4.78 is 0. The maximum Gasteiger partial charge on any atom is 0.246 e. The molecule has 2 amide bonds. The number of carbonyl (C=O) groups excluding carboxylic acids is 2. The van der Waals surface area contributed by atoms with Crippen molar-refractivity contribution in [2.75, 3.05) is 20.1 Å². The normalized spacial score (nSPS) is 24.1. The molecule has 3 atom stereocenters. The molecule has 1 fully saturated rings. The molecule has 5 nitrogen and oxygen atoms in total. The first kappa shape index (κ1) is 23.1. The Labute approximate surface area is 175 Å². The van der Waals surface area contributed by atoms with E-state index in [1.165, 1.54) is 12.5 Å². The third kappa shape index (κ3) is 6.43. The number of carbonyl (C=O) groups is 2. The number of nitrogens with zero attached hydrogens (tertiary/aromatic N) is 1. The molecule has 0 aromatic heterocycles. The summed E-state index contributed by atoms with van der Waals surface area (Å²) in [5.74, 6) is 0.0780. The molecule has 1 aliphatic rings. The SMILES string of the molecule is C=CC1CCC(CN(C)Cc2ccccc2)C(NC(C)=O)(C(=O)NCCCC)C1. The van der Waals surface area contributed by atoms with E-state index < -0.39 is 5.54 Å². The minimum Gasteiger partial charge on any atom is -0.354 e. The highest BCUT2D eigenvalue weighted by Crippen LogP contribution is 2.39. The van der Waals surface area contributed by atoms with Gasteiger partial charge in [0.2, 0.25) is 11.8 Å². The summed E-state index contributed by atoms with van der Waals surface area (Å²) in [5.41, 5.74) is 0.356. The van der Waals surface area contributed by atoms with Crippen LogP contribution in [0.4, 0.5) is 0 Å². The van der Waals surface area contributed by atoms with E-state index in [2.05, 4.69) is 48.2 Å². The van der Waals surface area contributed by atoms with Crippen LogP contribution in [-0.4, -0.2) is 42.4 Å². The summed E-state index contributed by atoms with van der Waals surface area (Å²) in [6, 6.07) is 10.3. The van der Waals surface area contributed by atoms with Crippen molar-refractivity contribution in [3.63, 3.8) is 0 Å². The number of allylic oxidation sites excluding steroid dienone is 1. The number of unbranched alkanes of at least 4 members (excludes halogenated alkanes) is 1. The summed E-state index contributed by atoms with van der Waals surface area (Å²) in [6.07, 6.45) is 6.38. The minimum atomic E-state index is -0.887. The Kier molecular flexibility index (Phi) is 8.90. The van der Waals surface area contributed by atoms with Gasteiger partial charge >= 0.3 is 0 Å². The fraction of sp³-hybridized carbons (Fsp3) is 0.583. The first-order valence-electron chi connectivity index (χ1n) is 10.8. The number of rotatable bonds is 10. The summed E-state index contributed by atoms with van der Waals surface area (Å²) >= 11 is 0. The van der Waals surface area contributed by atoms with Crippen molar-refractivity contribution >= 4 is 11.8 Å². The molecule has 0 saturated heterocycles. The monoisotopic (exact) mass is 399 g/mol. The van der Waals surface area contributed by atoms with Gasteiger partial charge in [0.05, 0.1) is 0 Å². The van der Waals surface area contributed by atoms with Crippen molar-refractivity contribution in [3.8, 4) is 0 Å². The highest BCUT2D eigenvalue weighted by Gasteiger charge is 2.49. The van der Waals surface area contributed by atoms with Crippen molar-refractivity contribution in [3.05, 3.63) is 48.6 Å². The van der Waals surface area contributed by atoms with Gasteiger partial charge in [0.1, 0.15) is 5.54 Å². The van der Waals surface area contributed by atoms with Gasteiger partial charge < -0.3 is 15.5 Å². The Bertz CT molecular complexity index is 676. The van der Waals surface area contributed by atoms with Crippen LogP contribution in [-0.2, 0) is 16.1 Å². The summed E-state index contributed by atoms with van der Waals surface area (Å²) in [4.78, 5) is 27.8. The molecule has 0 spiro atoms. The second kappa shape index (κ2) is 11.1. The number of benzene rings is 1. The van der Waals surface area contributed by atoms with Crippen molar-refractivity contribution in [2.24, 2.45) is 11.8 Å². The Morgan fingerprint density at radius 2 is 2.00 bits per heavy atom. The molecule has 2 N–H and O–H groups in total. The molecule has 160 valence electrons. The van der Waals surface area contributed by atoms with E-state index in [-0.39, 0.29) is 23.7 Å². The molecule has 0 heterocycles. The van der Waals surface area contributed by atoms with Crippen molar-refractivity contribution in [1.29, 1.82) is 0 Å². The average Bonchev–Trinajstić information content (AvgIpc) is 2.69. The van der Waals surface area contributed by atoms with Gasteiger partial charge in [0, 0.05) is 32.5 Å². The van der Waals surface area contributed by atoms with E-state index in [4.69, 9.17) is 0 Å². The molecule has 1 aromatic rings. The Hall–Kier alpha value is -2.14. The van der Waals surface area contributed by atoms with Gasteiger partial charge in [-0.15, -0.1) is 6.58 Å². The molecule has 3 unspecified atom stereocenters. The number of hydrogen-bond donors (Lipinski definition) is 2. The van der Waals surface area contributed by atoms with Crippen LogP contribution in [0.3, 0.4) is 0 Å². The second-order valence-corrected chi connectivity index (χ2v) is 8.42. The fourth-order valence-corrected chi connectivity index (χ4v) is 4.47. The van der Waals surface area contributed by atoms with Crippen LogP contribution < -0.4 is 10.6 Å². The molecule has 0 radical (unpaired) electrons. The number of hydrogen-bond acceptors (Lipinski definition) is 3. The lowest BCUT2D eigenvalue weighted by atomic mass is 9.67. The average molecular weight is 400 g/mol. The molecule has 5 heteroatoms. The molecule has 0 aliphatic heterocycles. The number of amides is 2. The van der Waals surface area contributed by atoms with Gasteiger partial charge in [-0.1, -0.05) is 49.8 Å². The summed E-state index contributed by atoms with van der Waals surface area (Å²) in [6.45, 7) is 9.76. The first-order valence-corrected chi connectivity index (χ1v) is 10.8. The molecular formula is C24H37N3O2. The molecule has 0 bridgehead atoms. The van der Waals surface area contributed by atoms with Crippen molar-refractivity contribution in [2.45, 2.75) is 58.0 Å². The van der Waals surface area contributed by atoms with E-state index in [0.29, 0.717) is 13.0 Å². The van der Waals surface area contributed by atoms with Gasteiger partial charge in [-0.25, -0.2) is 0 Å². The van der Waals surface area contributed by atoms with Crippen molar-refractivity contribution in [1.82, 2.24) is 15.5 Å². The zero-order valence-corrected chi connectivity index (χ0v) is 18.2. The highest BCUT2D eigenvalue weighted by molar-refractivity contribution is 5.91. The largest absolute Gasteiger partial charge is 0.354 e. The van der Waals surface area contributed by atoms with Crippen LogP contribution >= 0.6 is 0 Å².